The molecule has 0 atom stereocenters. The zero-order valence-corrected chi connectivity index (χ0v) is 17.5. The fourth-order valence-electron chi connectivity index (χ4n) is 3.12. The Morgan fingerprint density at radius 2 is 1.75 bits per heavy atom. The largest absolute Gasteiger partial charge is 0.313 e. The summed E-state index contributed by atoms with van der Waals surface area (Å²) in [5.74, 6) is -1.26. The Balaban J connectivity index is 1.94. The highest BCUT2D eigenvalue weighted by atomic mass is 35.5. The molecule has 1 aromatic heterocycles. The lowest BCUT2D eigenvalue weighted by Crippen LogP contribution is -2.40. The standard InChI is InChI=1S/C19H19Cl2N3O3S/c1-10(25)23-24-18(27)16-13-5-3-2-4-6-15(13)28-19(16)22-17(26)12-8-7-11(20)9-14(12)21/h7-9H,2-6H2,1H3,(H,22,26)(H,23,25)(H,24,27). The molecule has 6 nitrogen and oxygen atoms in total. The Morgan fingerprint density at radius 1 is 1.00 bits per heavy atom. The molecular formula is C19H19Cl2N3O3S. The predicted octanol–water partition coefficient (Wildman–Crippen LogP) is 4.36. The maximum absolute atomic E-state index is 12.7. The van der Waals surface area contributed by atoms with Gasteiger partial charge in [0, 0.05) is 16.8 Å². The van der Waals surface area contributed by atoms with Crippen LogP contribution in [0.15, 0.2) is 18.2 Å². The van der Waals surface area contributed by atoms with Crippen molar-refractivity contribution < 1.29 is 14.4 Å². The van der Waals surface area contributed by atoms with Crippen molar-refractivity contribution in [2.24, 2.45) is 0 Å². The molecule has 0 saturated heterocycles. The van der Waals surface area contributed by atoms with E-state index in [0.717, 1.165) is 42.5 Å². The summed E-state index contributed by atoms with van der Waals surface area (Å²) in [5.41, 5.74) is 6.30. The van der Waals surface area contributed by atoms with Crippen molar-refractivity contribution in [1.82, 2.24) is 10.9 Å². The molecule has 3 amide bonds. The first-order valence-electron chi connectivity index (χ1n) is 8.84. The van der Waals surface area contributed by atoms with Crippen molar-refractivity contribution in [3.8, 4) is 0 Å². The van der Waals surface area contributed by atoms with Crippen LogP contribution in [-0.4, -0.2) is 17.7 Å². The average molecular weight is 440 g/mol. The number of hydrogen-bond donors (Lipinski definition) is 3. The van der Waals surface area contributed by atoms with E-state index in [2.05, 4.69) is 16.2 Å². The van der Waals surface area contributed by atoms with Crippen molar-refractivity contribution >= 4 is 57.3 Å². The Hall–Kier alpha value is -2.09. The van der Waals surface area contributed by atoms with Gasteiger partial charge in [-0.2, -0.15) is 0 Å². The topological polar surface area (TPSA) is 87.3 Å². The fraction of sp³-hybridized carbons (Fsp3) is 0.316. The summed E-state index contributed by atoms with van der Waals surface area (Å²) >= 11 is 13.4. The second-order valence-corrected chi connectivity index (χ2v) is 8.43. The third-order valence-electron chi connectivity index (χ3n) is 4.40. The van der Waals surface area contributed by atoms with Gasteiger partial charge in [-0.3, -0.25) is 25.2 Å². The van der Waals surface area contributed by atoms with E-state index in [0.29, 0.717) is 15.6 Å². The number of carbonyl (C=O) groups is 3. The van der Waals surface area contributed by atoms with Crippen LogP contribution in [0.2, 0.25) is 10.0 Å². The Bertz CT molecular complexity index is 943. The summed E-state index contributed by atoms with van der Waals surface area (Å²) in [6.45, 7) is 1.31. The monoisotopic (exact) mass is 439 g/mol. The van der Waals surface area contributed by atoms with Gasteiger partial charge >= 0.3 is 0 Å². The molecule has 0 bridgehead atoms. The molecule has 0 fully saturated rings. The lowest BCUT2D eigenvalue weighted by Gasteiger charge is -2.11. The predicted molar refractivity (Wildman–Crippen MR) is 111 cm³/mol. The molecular weight excluding hydrogens is 421 g/mol. The second-order valence-electron chi connectivity index (χ2n) is 6.48. The summed E-state index contributed by atoms with van der Waals surface area (Å²) < 4.78 is 0. The quantitative estimate of drug-likeness (QED) is 0.490. The number of amides is 3. The molecule has 3 rings (SSSR count). The minimum absolute atomic E-state index is 0.229. The number of aryl methyl sites for hydroxylation is 1. The van der Waals surface area contributed by atoms with E-state index in [1.54, 1.807) is 6.07 Å². The van der Waals surface area contributed by atoms with E-state index in [4.69, 9.17) is 23.2 Å². The van der Waals surface area contributed by atoms with Crippen molar-refractivity contribution in [3.63, 3.8) is 0 Å². The number of thiophene rings is 1. The van der Waals surface area contributed by atoms with E-state index >= 15 is 0 Å². The molecule has 1 aliphatic rings. The van der Waals surface area contributed by atoms with Crippen molar-refractivity contribution in [2.45, 2.75) is 39.0 Å². The highest BCUT2D eigenvalue weighted by Crippen LogP contribution is 2.38. The molecule has 1 aromatic carbocycles. The molecule has 0 unspecified atom stereocenters. The normalized spacial score (nSPS) is 13.2. The summed E-state index contributed by atoms with van der Waals surface area (Å²) in [7, 11) is 0. The molecule has 3 N–H and O–H groups in total. The molecule has 0 radical (unpaired) electrons. The van der Waals surface area contributed by atoms with Gasteiger partial charge in [-0.15, -0.1) is 11.3 Å². The number of hydrazine groups is 1. The highest BCUT2D eigenvalue weighted by molar-refractivity contribution is 7.17. The zero-order valence-electron chi connectivity index (χ0n) is 15.2. The van der Waals surface area contributed by atoms with Crippen LogP contribution >= 0.6 is 34.5 Å². The van der Waals surface area contributed by atoms with E-state index in [9.17, 15) is 14.4 Å². The highest BCUT2D eigenvalue weighted by Gasteiger charge is 2.26. The van der Waals surface area contributed by atoms with Gasteiger partial charge in [-0.1, -0.05) is 29.6 Å². The van der Waals surface area contributed by atoms with Gasteiger partial charge in [0.25, 0.3) is 11.8 Å². The molecule has 1 aliphatic carbocycles. The molecule has 0 aliphatic heterocycles. The van der Waals surface area contributed by atoms with Gasteiger partial charge in [0.05, 0.1) is 16.1 Å². The minimum Gasteiger partial charge on any atom is -0.313 e. The van der Waals surface area contributed by atoms with Crippen LogP contribution in [0, 0.1) is 0 Å². The van der Waals surface area contributed by atoms with Gasteiger partial charge < -0.3 is 5.32 Å². The Kier molecular flexibility index (Phi) is 6.59. The van der Waals surface area contributed by atoms with Crippen LogP contribution in [0.4, 0.5) is 5.00 Å². The summed E-state index contributed by atoms with van der Waals surface area (Å²) in [4.78, 5) is 37.7. The summed E-state index contributed by atoms with van der Waals surface area (Å²) in [6, 6.07) is 4.61. The average Bonchev–Trinajstić information content (AvgIpc) is 2.80. The van der Waals surface area contributed by atoms with Crippen LogP contribution in [0.5, 0.6) is 0 Å². The number of hydrogen-bond acceptors (Lipinski definition) is 4. The van der Waals surface area contributed by atoms with Crippen LogP contribution in [0.1, 0.15) is 57.3 Å². The van der Waals surface area contributed by atoms with Gasteiger partial charge in [0.15, 0.2) is 0 Å². The van der Waals surface area contributed by atoms with Crippen LogP contribution in [-0.2, 0) is 17.6 Å². The lowest BCUT2D eigenvalue weighted by atomic mass is 10.0. The van der Waals surface area contributed by atoms with Crippen molar-refractivity contribution in [3.05, 3.63) is 49.8 Å². The molecule has 28 heavy (non-hydrogen) atoms. The molecule has 1 heterocycles. The van der Waals surface area contributed by atoms with Gasteiger partial charge in [0.2, 0.25) is 5.91 Å². The van der Waals surface area contributed by atoms with Crippen molar-refractivity contribution in [1.29, 1.82) is 0 Å². The van der Waals surface area contributed by atoms with Crippen molar-refractivity contribution in [2.75, 3.05) is 5.32 Å². The molecule has 0 saturated carbocycles. The number of halogens is 2. The van der Waals surface area contributed by atoms with E-state index in [-0.39, 0.29) is 16.5 Å². The number of benzene rings is 1. The Labute approximate surface area is 176 Å². The van der Waals surface area contributed by atoms with E-state index < -0.39 is 11.8 Å². The zero-order chi connectivity index (χ0) is 20.3. The Morgan fingerprint density at radius 3 is 2.46 bits per heavy atom. The van der Waals surface area contributed by atoms with Crippen LogP contribution in [0.3, 0.4) is 0 Å². The fourth-order valence-corrected chi connectivity index (χ4v) is 4.90. The first kappa shape index (κ1) is 20.6. The maximum atomic E-state index is 12.7. The number of carbonyl (C=O) groups excluding carboxylic acids is 3. The summed E-state index contributed by atoms with van der Waals surface area (Å²) in [5, 5.41) is 3.92. The number of nitrogens with one attached hydrogen (secondary N) is 3. The summed E-state index contributed by atoms with van der Waals surface area (Å²) in [6.07, 6.45) is 4.72. The minimum atomic E-state index is -0.452. The molecule has 2 aromatic rings. The van der Waals surface area contributed by atoms with E-state index in [1.807, 2.05) is 0 Å². The molecule has 148 valence electrons. The van der Waals surface area contributed by atoms with E-state index in [1.165, 1.54) is 30.4 Å². The smallest absolute Gasteiger partial charge is 0.272 e. The first-order valence-corrected chi connectivity index (χ1v) is 10.4. The van der Waals surface area contributed by atoms with Gasteiger partial charge in [0.1, 0.15) is 5.00 Å². The molecule has 9 heteroatoms. The number of anilines is 1. The van der Waals surface area contributed by atoms with Gasteiger partial charge in [-0.05, 0) is 49.4 Å². The SMILES string of the molecule is CC(=O)NNC(=O)c1c(NC(=O)c2ccc(Cl)cc2Cl)sc2c1CCCCC2. The first-order chi connectivity index (χ1) is 13.4. The number of fused-ring (bicyclic) bond motifs is 1. The molecule has 0 spiro atoms. The van der Waals surface area contributed by atoms with Crippen LogP contribution in [0.25, 0.3) is 0 Å². The number of rotatable bonds is 3. The maximum Gasteiger partial charge on any atom is 0.272 e. The second kappa shape index (κ2) is 8.94. The third kappa shape index (κ3) is 4.66. The van der Waals surface area contributed by atoms with Crippen LogP contribution < -0.4 is 16.2 Å². The lowest BCUT2D eigenvalue weighted by molar-refractivity contribution is -0.119. The van der Waals surface area contributed by atoms with Gasteiger partial charge in [-0.25, -0.2) is 0 Å². The third-order valence-corrected chi connectivity index (χ3v) is 6.16.